The molecule has 1 aromatic heterocycles. The number of ether oxygens (including phenoxy) is 1. The minimum Gasteiger partial charge on any atom is -0.469 e. The summed E-state index contributed by atoms with van der Waals surface area (Å²) in [5.74, 6) is 0.742. The number of methoxy groups -OCH3 is 1. The molecule has 1 aliphatic rings. The lowest BCUT2D eigenvalue weighted by atomic mass is 10.0. The Morgan fingerprint density at radius 3 is 2.61 bits per heavy atom. The molecule has 1 aromatic carbocycles. The van der Waals surface area contributed by atoms with Crippen LogP contribution < -0.4 is 5.32 Å². The summed E-state index contributed by atoms with van der Waals surface area (Å²) in [5, 5.41) is 3.32. The number of pyridine rings is 1. The number of nitrogens with zero attached hydrogens (tertiary/aromatic N) is 3. The van der Waals surface area contributed by atoms with Gasteiger partial charge in [-0.05, 0) is 37.0 Å². The molecule has 1 amide bonds. The summed E-state index contributed by atoms with van der Waals surface area (Å²) in [6, 6.07) is 13.7. The third-order valence-corrected chi connectivity index (χ3v) is 6.14. The molecule has 0 saturated carbocycles. The Morgan fingerprint density at radius 2 is 1.91 bits per heavy atom. The van der Waals surface area contributed by atoms with Gasteiger partial charge in [-0.3, -0.25) is 14.5 Å². The number of benzene rings is 1. The fourth-order valence-corrected chi connectivity index (χ4v) is 4.19. The monoisotopic (exact) mass is 452 g/mol. The average Bonchev–Trinajstić information content (AvgIpc) is 2.81. The highest BCUT2D eigenvalue weighted by atomic mass is 16.5. The number of rotatable bonds is 9. The second kappa shape index (κ2) is 11.8. The number of amides is 1. The van der Waals surface area contributed by atoms with E-state index in [1.165, 1.54) is 12.7 Å². The molecule has 0 unspecified atom stereocenters. The summed E-state index contributed by atoms with van der Waals surface area (Å²) in [7, 11) is 1.39. The largest absolute Gasteiger partial charge is 0.469 e. The van der Waals surface area contributed by atoms with E-state index in [4.69, 9.17) is 4.74 Å². The molecular formula is C26H36N4O3. The first-order valence-electron chi connectivity index (χ1n) is 11.7. The highest BCUT2D eigenvalue weighted by Crippen LogP contribution is 2.24. The molecule has 1 saturated heterocycles. The number of aromatic nitrogens is 1. The van der Waals surface area contributed by atoms with Gasteiger partial charge in [0.15, 0.2) is 0 Å². The Hall–Kier alpha value is -2.93. The topological polar surface area (TPSA) is 74.8 Å². The van der Waals surface area contributed by atoms with E-state index in [0.29, 0.717) is 30.4 Å². The van der Waals surface area contributed by atoms with Crippen molar-refractivity contribution in [3.63, 3.8) is 0 Å². The summed E-state index contributed by atoms with van der Waals surface area (Å²) < 4.78 is 4.95. The Kier molecular flexibility index (Phi) is 8.83. The number of anilines is 1. The zero-order valence-corrected chi connectivity index (χ0v) is 20.2. The van der Waals surface area contributed by atoms with Crippen molar-refractivity contribution < 1.29 is 14.3 Å². The van der Waals surface area contributed by atoms with Gasteiger partial charge in [0.1, 0.15) is 5.82 Å². The van der Waals surface area contributed by atoms with Crippen LogP contribution in [-0.2, 0) is 16.1 Å². The molecule has 1 N–H and O–H groups in total. The van der Waals surface area contributed by atoms with E-state index in [1.54, 1.807) is 12.3 Å². The summed E-state index contributed by atoms with van der Waals surface area (Å²) in [6.45, 7) is 9.13. The van der Waals surface area contributed by atoms with Crippen molar-refractivity contribution in [1.29, 1.82) is 0 Å². The van der Waals surface area contributed by atoms with Gasteiger partial charge in [0.25, 0.3) is 5.91 Å². The van der Waals surface area contributed by atoms with Crippen molar-refractivity contribution in [3.05, 3.63) is 59.8 Å². The van der Waals surface area contributed by atoms with Crippen LogP contribution in [0.15, 0.2) is 48.7 Å². The van der Waals surface area contributed by atoms with Gasteiger partial charge in [0.2, 0.25) is 0 Å². The average molecular weight is 453 g/mol. The molecule has 2 heterocycles. The number of esters is 1. The van der Waals surface area contributed by atoms with Crippen LogP contribution in [-0.4, -0.2) is 65.5 Å². The second-order valence-electron chi connectivity index (χ2n) is 9.16. The van der Waals surface area contributed by atoms with E-state index in [9.17, 15) is 9.59 Å². The van der Waals surface area contributed by atoms with Crippen LogP contribution in [0.5, 0.6) is 0 Å². The van der Waals surface area contributed by atoms with E-state index >= 15 is 0 Å². The van der Waals surface area contributed by atoms with Gasteiger partial charge in [-0.25, -0.2) is 4.98 Å². The lowest BCUT2D eigenvalue weighted by Crippen LogP contribution is -2.59. The van der Waals surface area contributed by atoms with Crippen molar-refractivity contribution >= 4 is 17.7 Å². The standard InChI is InChI=1S/C26H36N4O3/c1-19(2)12-14-28-25-23(11-8-13-27-25)26(32)30-16-20(3)29(17-21-9-6-5-7-10-21)18-22(30)15-24(31)33-4/h5-11,13,19-20,22H,12,14-18H2,1-4H3,(H,27,28)/t20-,22+/m1/s1. The third kappa shape index (κ3) is 6.78. The zero-order valence-electron chi connectivity index (χ0n) is 20.2. The fourth-order valence-electron chi connectivity index (χ4n) is 4.19. The number of carbonyl (C=O) groups is 2. The summed E-state index contributed by atoms with van der Waals surface area (Å²) >= 11 is 0. The van der Waals surface area contributed by atoms with E-state index in [2.05, 4.69) is 48.1 Å². The molecule has 0 spiro atoms. The van der Waals surface area contributed by atoms with Gasteiger partial charge >= 0.3 is 5.97 Å². The van der Waals surface area contributed by atoms with Crippen molar-refractivity contribution in [3.8, 4) is 0 Å². The summed E-state index contributed by atoms with van der Waals surface area (Å²) in [6.07, 6.45) is 2.85. The first-order chi connectivity index (χ1) is 15.9. The normalized spacial score (nSPS) is 18.9. The molecule has 1 fully saturated rings. The van der Waals surface area contributed by atoms with E-state index in [1.807, 2.05) is 29.2 Å². The maximum absolute atomic E-state index is 13.7. The zero-order chi connectivity index (χ0) is 23.8. The number of nitrogens with one attached hydrogen (secondary N) is 1. The van der Waals surface area contributed by atoms with Crippen molar-refractivity contribution in [1.82, 2.24) is 14.8 Å². The van der Waals surface area contributed by atoms with Crippen LogP contribution in [0.3, 0.4) is 0 Å². The Morgan fingerprint density at radius 1 is 1.15 bits per heavy atom. The molecule has 7 heteroatoms. The van der Waals surface area contributed by atoms with Crippen LogP contribution in [0.4, 0.5) is 5.82 Å². The quantitative estimate of drug-likeness (QED) is 0.583. The fraction of sp³-hybridized carbons (Fsp3) is 0.500. The Balaban J connectivity index is 1.80. The van der Waals surface area contributed by atoms with Gasteiger partial charge in [-0.15, -0.1) is 0 Å². The van der Waals surface area contributed by atoms with Crippen molar-refractivity contribution in [2.75, 3.05) is 32.1 Å². The lowest BCUT2D eigenvalue weighted by molar-refractivity contribution is -0.142. The molecule has 178 valence electrons. The van der Waals surface area contributed by atoms with Gasteiger partial charge in [0.05, 0.1) is 25.1 Å². The molecule has 7 nitrogen and oxygen atoms in total. The van der Waals surface area contributed by atoms with Crippen LogP contribution in [0.1, 0.15) is 49.5 Å². The second-order valence-corrected chi connectivity index (χ2v) is 9.16. The molecule has 3 rings (SSSR count). The summed E-state index contributed by atoms with van der Waals surface area (Å²) in [5.41, 5.74) is 1.75. The highest BCUT2D eigenvalue weighted by molar-refractivity contribution is 5.99. The minimum absolute atomic E-state index is 0.102. The highest BCUT2D eigenvalue weighted by Gasteiger charge is 2.37. The molecule has 1 aliphatic heterocycles. The van der Waals surface area contributed by atoms with Crippen LogP contribution in [0.25, 0.3) is 0 Å². The Bertz CT molecular complexity index is 919. The Labute approximate surface area is 197 Å². The first-order valence-corrected chi connectivity index (χ1v) is 11.7. The van der Waals surface area contributed by atoms with Crippen LogP contribution in [0, 0.1) is 5.92 Å². The third-order valence-electron chi connectivity index (χ3n) is 6.14. The maximum atomic E-state index is 13.7. The SMILES string of the molecule is COC(=O)C[C@H]1CN(Cc2ccccc2)[C@H](C)CN1C(=O)c1cccnc1NCCC(C)C. The number of hydrogen-bond donors (Lipinski definition) is 1. The van der Waals surface area contributed by atoms with Crippen LogP contribution in [0.2, 0.25) is 0 Å². The van der Waals surface area contributed by atoms with E-state index in [-0.39, 0.29) is 30.4 Å². The van der Waals surface area contributed by atoms with Gasteiger partial charge in [-0.1, -0.05) is 44.2 Å². The predicted molar refractivity (Wildman–Crippen MR) is 130 cm³/mol. The molecule has 2 aromatic rings. The number of hydrogen-bond acceptors (Lipinski definition) is 6. The van der Waals surface area contributed by atoms with Crippen molar-refractivity contribution in [2.24, 2.45) is 5.92 Å². The molecule has 0 radical (unpaired) electrons. The van der Waals surface area contributed by atoms with Crippen LogP contribution >= 0.6 is 0 Å². The molecule has 0 bridgehead atoms. The smallest absolute Gasteiger partial charge is 0.307 e. The van der Waals surface area contributed by atoms with E-state index < -0.39 is 0 Å². The van der Waals surface area contributed by atoms with E-state index in [0.717, 1.165) is 19.5 Å². The summed E-state index contributed by atoms with van der Waals surface area (Å²) in [4.78, 5) is 34.5. The number of carbonyl (C=O) groups excluding carboxylic acids is 2. The molecule has 33 heavy (non-hydrogen) atoms. The van der Waals surface area contributed by atoms with Gasteiger partial charge in [0, 0.05) is 38.4 Å². The lowest BCUT2D eigenvalue weighted by Gasteiger charge is -2.45. The number of piperazine rings is 1. The minimum atomic E-state index is -0.312. The van der Waals surface area contributed by atoms with Gasteiger partial charge < -0.3 is 15.0 Å². The molecule has 0 aliphatic carbocycles. The van der Waals surface area contributed by atoms with Gasteiger partial charge in [-0.2, -0.15) is 0 Å². The molecular weight excluding hydrogens is 416 g/mol. The molecule has 2 atom stereocenters. The maximum Gasteiger partial charge on any atom is 0.307 e. The predicted octanol–water partition coefficient (Wildman–Crippen LogP) is 3.82. The first kappa shape index (κ1) is 24.7. The van der Waals surface area contributed by atoms with Crippen molar-refractivity contribution in [2.45, 2.75) is 52.2 Å².